The van der Waals surface area contributed by atoms with Gasteiger partial charge in [0.2, 0.25) is 0 Å². The van der Waals surface area contributed by atoms with Crippen LogP contribution in [0.2, 0.25) is 0 Å². The van der Waals surface area contributed by atoms with E-state index in [4.69, 9.17) is 4.74 Å². The molecule has 1 unspecified atom stereocenters. The molecular formula is C20H22N2O4. The third-order valence-corrected chi connectivity index (χ3v) is 4.46. The minimum Gasteiger partial charge on any atom is -0.480 e. The van der Waals surface area contributed by atoms with Crippen LogP contribution in [0.5, 0.6) is 0 Å². The molecule has 6 heteroatoms. The van der Waals surface area contributed by atoms with Crippen molar-refractivity contribution >= 4 is 12.1 Å². The summed E-state index contributed by atoms with van der Waals surface area (Å²) in [5.74, 6) is -1.01. The zero-order valence-corrected chi connectivity index (χ0v) is 14.4. The molecular weight excluding hydrogens is 332 g/mol. The standard InChI is InChI=1S/C20H22N2O4/c23-19(24)18-11-17(21-12-15-7-3-1-4-8-15)13-22(18)20(25)26-14-16-9-5-2-6-10-16/h1-10,17-18,21H,11-14H2,(H,23,24)/t17?,18-/m0/s1. The number of ether oxygens (including phenoxy) is 1. The number of aliphatic carboxylic acids is 1. The molecule has 136 valence electrons. The molecule has 1 aliphatic heterocycles. The van der Waals surface area contributed by atoms with Crippen LogP contribution in [0.3, 0.4) is 0 Å². The van der Waals surface area contributed by atoms with Crippen LogP contribution in [0.25, 0.3) is 0 Å². The predicted octanol–water partition coefficient (Wildman–Crippen LogP) is 2.64. The van der Waals surface area contributed by atoms with Gasteiger partial charge in [-0.25, -0.2) is 9.59 Å². The molecule has 1 fully saturated rings. The van der Waals surface area contributed by atoms with Crippen LogP contribution in [-0.4, -0.2) is 40.7 Å². The smallest absolute Gasteiger partial charge is 0.410 e. The first-order chi connectivity index (χ1) is 12.6. The molecule has 2 aromatic carbocycles. The number of hydrogen-bond donors (Lipinski definition) is 2. The second-order valence-electron chi connectivity index (χ2n) is 6.35. The number of carboxylic acid groups (broad SMARTS) is 1. The molecule has 2 N–H and O–H groups in total. The van der Waals surface area contributed by atoms with E-state index in [-0.39, 0.29) is 12.6 Å². The second kappa shape index (κ2) is 8.49. The van der Waals surface area contributed by atoms with E-state index in [1.165, 1.54) is 4.90 Å². The summed E-state index contributed by atoms with van der Waals surface area (Å²) in [6.45, 7) is 1.08. The molecule has 0 radical (unpaired) electrons. The Labute approximate surface area is 152 Å². The molecule has 3 rings (SSSR count). The van der Waals surface area contributed by atoms with E-state index in [2.05, 4.69) is 5.32 Å². The number of carbonyl (C=O) groups excluding carboxylic acids is 1. The van der Waals surface area contributed by atoms with E-state index in [1.807, 2.05) is 60.7 Å². The van der Waals surface area contributed by atoms with Crippen molar-refractivity contribution < 1.29 is 19.4 Å². The van der Waals surface area contributed by atoms with E-state index in [9.17, 15) is 14.7 Å². The third kappa shape index (κ3) is 4.61. The molecule has 0 aliphatic carbocycles. The van der Waals surface area contributed by atoms with Gasteiger partial charge in [0.15, 0.2) is 0 Å². The number of rotatable bonds is 6. The van der Waals surface area contributed by atoms with Crippen molar-refractivity contribution in [2.24, 2.45) is 0 Å². The highest BCUT2D eigenvalue weighted by Gasteiger charge is 2.40. The second-order valence-corrected chi connectivity index (χ2v) is 6.35. The largest absolute Gasteiger partial charge is 0.480 e. The van der Waals surface area contributed by atoms with Gasteiger partial charge >= 0.3 is 12.1 Å². The van der Waals surface area contributed by atoms with Crippen LogP contribution in [0.15, 0.2) is 60.7 Å². The molecule has 6 nitrogen and oxygen atoms in total. The molecule has 2 aromatic rings. The van der Waals surface area contributed by atoms with E-state index >= 15 is 0 Å². The molecule has 0 bridgehead atoms. The lowest BCUT2D eigenvalue weighted by Gasteiger charge is -2.20. The fourth-order valence-electron chi connectivity index (χ4n) is 3.08. The van der Waals surface area contributed by atoms with Gasteiger partial charge in [-0.3, -0.25) is 4.90 Å². The first-order valence-corrected chi connectivity index (χ1v) is 8.61. The highest BCUT2D eigenvalue weighted by atomic mass is 16.6. The lowest BCUT2D eigenvalue weighted by molar-refractivity contribution is -0.141. The van der Waals surface area contributed by atoms with Crippen LogP contribution in [-0.2, 0) is 22.7 Å². The maximum absolute atomic E-state index is 12.4. The zero-order valence-electron chi connectivity index (χ0n) is 14.4. The molecule has 1 aliphatic rings. The predicted molar refractivity (Wildman–Crippen MR) is 96.4 cm³/mol. The number of carboxylic acids is 1. The highest BCUT2D eigenvalue weighted by Crippen LogP contribution is 2.20. The maximum Gasteiger partial charge on any atom is 0.410 e. The Morgan fingerprint density at radius 2 is 1.65 bits per heavy atom. The normalized spacial score (nSPS) is 19.3. The van der Waals surface area contributed by atoms with Gasteiger partial charge in [0.25, 0.3) is 0 Å². The molecule has 26 heavy (non-hydrogen) atoms. The SMILES string of the molecule is O=C(O)[C@@H]1CC(NCc2ccccc2)CN1C(=O)OCc1ccccc1. The van der Waals surface area contributed by atoms with Gasteiger partial charge in [0.05, 0.1) is 0 Å². The Hall–Kier alpha value is -2.86. The summed E-state index contributed by atoms with van der Waals surface area (Å²) in [5.41, 5.74) is 1.98. The maximum atomic E-state index is 12.4. The Bertz CT molecular complexity index is 736. The average molecular weight is 354 g/mol. The first-order valence-electron chi connectivity index (χ1n) is 8.61. The van der Waals surface area contributed by atoms with Crippen LogP contribution >= 0.6 is 0 Å². The van der Waals surface area contributed by atoms with Crippen molar-refractivity contribution in [2.75, 3.05) is 6.54 Å². The minimum atomic E-state index is -1.01. The van der Waals surface area contributed by atoms with Crippen LogP contribution in [0.4, 0.5) is 4.79 Å². The summed E-state index contributed by atoms with van der Waals surface area (Å²) in [6, 6.07) is 18.2. The number of amides is 1. The van der Waals surface area contributed by atoms with E-state index in [0.29, 0.717) is 19.5 Å². The summed E-state index contributed by atoms with van der Waals surface area (Å²) >= 11 is 0. The molecule has 1 saturated heterocycles. The van der Waals surface area contributed by atoms with Gasteiger partial charge < -0.3 is 15.2 Å². The highest BCUT2D eigenvalue weighted by molar-refractivity contribution is 5.81. The van der Waals surface area contributed by atoms with Gasteiger partial charge in [-0.05, 0) is 17.5 Å². The zero-order chi connectivity index (χ0) is 18.4. The first kappa shape index (κ1) is 17.9. The summed E-state index contributed by atoms with van der Waals surface area (Å²) in [7, 11) is 0. The quantitative estimate of drug-likeness (QED) is 0.834. The van der Waals surface area contributed by atoms with Gasteiger partial charge in [-0.15, -0.1) is 0 Å². The summed E-state index contributed by atoms with van der Waals surface area (Å²) in [4.78, 5) is 25.2. The van der Waals surface area contributed by atoms with Crippen LogP contribution in [0.1, 0.15) is 17.5 Å². The van der Waals surface area contributed by atoms with Crippen LogP contribution in [0, 0.1) is 0 Å². The lowest BCUT2D eigenvalue weighted by atomic mass is 10.1. The van der Waals surface area contributed by atoms with Gasteiger partial charge in [-0.2, -0.15) is 0 Å². The Kier molecular flexibility index (Phi) is 5.86. The number of nitrogens with zero attached hydrogens (tertiary/aromatic N) is 1. The number of hydrogen-bond acceptors (Lipinski definition) is 4. The molecule has 0 saturated carbocycles. The topological polar surface area (TPSA) is 78.9 Å². The minimum absolute atomic E-state index is 0.0828. The molecule has 0 spiro atoms. The fourth-order valence-corrected chi connectivity index (χ4v) is 3.08. The van der Waals surface area contributed by atoms with Crippen molar-refractivity contribution in [3.05, 3.63) is 71.8 Å². The lowest BCUT2D eigenvalue weighted by Crippen LogP contribution is -2.41. The van der Waals surface area contributed by atoms with Gasteiger partial charge in [0, 0.05) is 19.1 Å². The Morgan fingerprint density at radius 1 is 1.04 bits per heavy atom. The van der Waals surface area contributed by atoms with Crippen molar-refractivity contribution in [1.82, 2.24) is 10.2 Å². The van der Waals surface area contributed by atoms with Crippen molar-refractivity contribution in [3.63, 3.8) is 0 Å². The molecule has 1 amide bonds. The Morgan fingerprint density at radius 3 is 2.27 bits per heavy atom. The number of nitrogens with one attached hydrogen (secondary N) is 1. The molecule has 0 aromatic heterocycles. The summed E-state index contributed by atoms with van der Waals surface area (Å²) in [5, 5.41) is 12.8. The number of likely N-dealkylation sites (tertiary alicyclic amines) is 1. The van der Waals surface area contributed by atoms with Crippen molar-refractivity contribution in [3.8, 4) is 0 Å². The summed E-state index contributed by atoms with van der Waals surface area (Å²) < 4.78 is 5.30. The monoisotopic (exact) mass is 354 g/mol. The van der Waals surface area contributed by atoms with Crippen molar-refractivity contribution in [1.29, 1.82) is 0 Å². The van der Waals surface area contributed by atoms with Crippen LogP contribution < -0.4 is 5.32 Å². The Balaban J connectivity index is 1.56. The molecule has 1 heterocycles. The van der Waals surface area contributed by atoms with E-state index in [0.717, 1.165) is 11.1 Å². The van der Waals surface area contributed by atoms with Gasteiger partial charge in [0.1, 0.15) is 12.6 Å². The fraction of sp³-hybridized carbons (Fsp3) is 0.300. The van der Waals surface area contributed by atoms with Gasteiger partial charge in [-0.1, -0.05) is 60.7 Å². The summed E-state index contributed by atoms with van der Waals surface area (Å²) in [6.07, 6.45) is -0.229. The average Bonchev–Trinajstić information content (AvgIpc) is 3.11. The number of benzene rings is 2. The number of carbonyl (C=O) groups is 2. The molecule has 2 atom stereocenters. The van der Waals surface area contributed by atoms with E-state index < -0.39 is 18.1 Å². The van der Waals surface area contributed by atoms with E-state index in [1.54, 1.807) is 0 Å². The third-order valence-electron chi connectivity index (χ3n) is 4.46. The van der Waals surface area contributed by atoms with Crippen molar-refractivity contribution in [2.45, 2.75) is 31.7 Å².